The average Bonchev–Trinajstić information content (AvgIpc) is 2.00. The summed E-state index contributed by atoms with van der Waals surface area (Å²) in [5.74, 6) is 0.331. The van der Waals surface area contributed by atoms with Gasteiger partial charge in [-0.3, -0.25) is 4.79 Å². The fourth-order valence-corrected chi connectivity index (χ4v) is 1.93. The summed E-state index contributed by atoms with van der Waals surface area (Å²) < 4.78 is 0. The van der Waals surface area contributed by atoms with Crippen molar-refractivity contribution >= 4 is 5.91 Å². The molecular formula is C13H25NO. The molecule has 0 spiro atoms. The van der Waals surface area contributed by atoms with E-state index < -0.39 is 0 Å². The molecule has 0 bridgehead atoms. The Morgan fingerprint density at radius 3 is 2.07 bits per heavy atom. The number of likely N-dealkylation sites (tertiary alicyclic amines) is 1. The highest BCUT2D eigenvalue weighted by Crippen LogP contribution is 2.30. The SMILES string of the molecule is CC(C)(C)CC(=O)N1CCC(C)(C)CC1. The van der Waals surface area contributed by atoms with Crippen LogP contribution in [0.3, 0.4) is 0 Å². The summed E-state index contributed by atoms with van der Waals surface area (Å²) in [5, 5.41) is 0. The fourth-order valence-electron chi connectivity index (χ4n) is 1.93. The predicted octanol–water partition coefficient (Wildman–Crippen LogP) is 3.07. The van der Waals surface area contributed by atoms with E-state index in [2.05, 4.69) is 34.6 Å². The molecule has 0 N–H and O–H groups in total. The molecule has 0 atom stereocenters. The molecule has 1 rings (SSSR count). The van der Waals surface area contributed by atoms with Gasteiger partial charge in [-0.25, -0.2) is 0 Å². The van der Waals surface area contributed by atoms with Gasteiger partial charge in [-0.05, 0) is 23.7 Å². The minimum absolute atomic E-state index is 0.115. The molecule has 0 aromatic rings. The highest BCUT2D eigenvalue weighted by molar-refractivity contribution is 5.76. The number of carbonyl (C=O) groups is 1. The van der Waals surface area contributed by atoms with Gasteiger partial charge in [0.05, 0.1) is 0 Å². The predicted molar refractivity (Wildman–Crippen MR) is 63.7 cm³/mol. The van der Waals surface area contributed by atoms with Gasteiger partial charge in [0.1, 0.15) is 0 Å². The number of piperidine rings is 1. The molecule has 0 radical (unpaired) electrons. The van der Waals surface area contributed by atoms with Gasteiger partial charge in [-0.1, -0.05) is 34.6 Å². The lowest BCUT2D eigenvalue weighted by Gasteiger charge is -2.37. The van der Waals surface area contributed by atoms with Gasteiger partial charge in [0, 0.05) is 19.5 Å². The largest absolute Gasteiger partial charge is 0.343 e. The van der Waals surface area contributed by atoms with Crippen molar-refractivity contribution < 1.29 is 4.79 Å². The zero-order chi connectivity index (χ0) is 11.7. The van der Waals surface area contributed by atoms with Crippen LogP contribution in [0.1, 0.15) is 53.9 Å². The van der Waals surface area contributed by atoms with Crippen LogP contribution in [0.25, 0.3) is 0 Å². The monoisotopic (exact) mass is 211 g/mol. The number of amides is 1. The Morgan fingerprint density at radius 2 is 1.67 bits per heavy atom. The summed E-state index contributed by atoms with van der Waals surface area (Å²) in [6.45, 7) is 12.8. The molecule has 1 aliphatic heterocycles. The second-order valence-electron chi connectivity index (χ2n) is 6.78. The average molecular weight is 211 g/mol. The summed E-state index contributed by atoms with van der Waals surface area (Å²) in [7, 11) is 0. The van der Waals surface area contributed by atoms with E-state index in [4.69, 9.17) is 0 Å². The molecule has 2 nitrogen and oxygen atoms in total. The van der Waals surface area contributed by atoms with Crippen molar-refractivity contribution in [1.29, 1.82) is 0 Å². The van der Waals surface area contributed by atoms with Crippen molar-refractivity contribution in [3.63, 3.8) is 0 Å². The van der Waals surface area contributed by atoms with E-state index in [1.165, 1.54) is 0 Å². The molecule has 0 aromatic carbocycles. The fraction of sp³-hybridized carbons (Fsp3) is 0.923. The maximum absolute atomic E-state index is 12.0. The summed E-state index contributed by atoms with van der Waals surface area (Å²) in [4.78, 5) is 14.0. The van der Waals surface area contributed by atoms with Gasteiger partial charge in [-0.15, -0.1) is 0 Å². The lowest BCUT2D eigenvalue weighted by molar-refractivity contribution is -0.135. The van der Waals surface area contributed by atoms with Gasteiger partial charge in [-0.2, -0.15) is 0 Å². The Labute approximate surface area is 94.0 Å². The van der Waals surface area contributed by atoms with Gasteiger partial charge >= 0.3 is 0 Å². The quantitative estimate of drug-likeness (QED) is 0.652. The van der Waals surface area contributed by atoms with Crippen LogP contribution in [0.4, 0.5) is 0 Å². The normalized spacial score (nSPS) is 21.5. The van der Waals surface area contributed by atoms with Crippen LogP contribution in [0.5, 0.6) is 0 Å². The number of hydrogen-bond donors (Lipinski definition) is 0. The molecule has 1 heterocycles. The van der Waals surface area contributed by atoms with E-state index in [1.807, 2.05) is 4.90 Å². The van der Waals surface area contributed by atoms with E-state index in [0.29, 0.717) is 17.7 Å². The standard InChI is InChI=1S/C13H25NO/c1-12(2,3)10-11(15)14-8-6-13(4,5)7-9-14/h6-10H2,1-5H3. The number of carbonyl (C=O) groups excluding carboxylic acids is 1. The van der Waals surface area contributed by atoms with Crippen LogP contribution >= 0.6 is 0 Å². The molecule has 0 unspecified atom stereocenters. The first-order valence-electron chi connectivity index (χ1n) is 5.97. The zero-order valence-corrected chi connectivity index (χ0v) is 10.9. The highest BCUT2D eigenvalue weighted by atomic mass is 16.2. The Bertz CT molecular complexity index is 227. The molecule has 0 aromatic heterocycles. The summed E-state index contributed by atoms with van der Waals surface area (Å²) in [6.07, 6.45) is 2.96. The maximum Gasteiger partial charge on any atom is 0.223 e. The summed E-state index contributed by atoms with van der Waals surface area (Å²) in [6, 6.07) is 0. The summed E-state index contributed by atoms with van der Waals surface area (Å²) in [5.41, 5.74) is 0.544. The molecule has 1 saturated heterocycles. The Hall–Kier alpha value is -0.530. The summed E-state index contributed by atoms with van der Waals surface area (Å²) >= 11 is 0. The molecule has 1 aliphatic rings. The Balaban J connectivity index is 2.44. The minimum Gasteiger partial charge on any atom is -0.343 e. The molecule has 2 heteroatoms. The van der Waals surface area contributed by atoms with Gasteiger partial charge < -0.3 is 4.90 Å². The lowest BCUT2D eigenvalue weighted by atomic mass is 9.82. The molecule has 0 aliphatic carbocycles. The number of nitrogens with zero attached hydrogens (tertiary/aromatic N) is 1. The van der Waals surface area contributed by atoms with Crippen molar-refractivity contribution in [2.24, 2.45) is 10.8 Å². The van der Waals surface area contributed by atoms with Crippen LogP contribution in [0.15, 0.2) is 0 Å². The first-order chi connectivity index (χ1) is 6.70. The maximum atomic E-state index is 12.0. The molecular weight excluding hydrogens is 186 g/mol. The first kappa shape index (κ1) is 12.5. The van der Waals surface area contributed by atoms with E-state index >= 15 is 0 Å². The van der Waals surface area contributed by atoms with E-state index in [-0.39, 0.29) is 5.41 Å². The van der Waals surface area contributed by atoms with Crippen molar-refractivity contribution in [3.05, 3.63) is 0 Å². The van der Waals surface area contributed by atoms with Gasteiger partial charge in [0.2, 0.25) is 5.91 Å². The van der Waals surface area contributed by atoms with Crippen LogP contribution in [-0.4, -0.2) is 23.9 Å². The minimum atomic E-state index is 0.115. The van der Waals surface area contributed by atoms with Crippen LogP contribution < -0.4 is 0 Å². The number of hydrogen-bond acceptors (Lipinski definition) is 1. The second kappa shape index (κ2) is 4.15. The van der Waals surface area contributed by atoms with E-state index in [9.17, 15) is 4.79 Å². The zero-order valence-electron chi connectivity index (χ0n) is 10.9. The molecule has 15 heavy (non-hydrogen) atoms. The van der Waals surface area contributed by atoms with Gasteiger partial charge in [0.25, 0.3) is 0 Å². The highest BCUT2D eigenvalue weighted by Gasteiger charge is 2.29. The third-order valence-corrected chi connectivity index (χ3v) is 3.15. The van der Waals surface area contributed by atoms with Crippen molar-refractivity contribution in [2.45, 2.75) is 53.9 Å². The topological polar surface area (TPSA) is 20.3 Å². The smallest absolute Gasteiger partial charge is 0.223 e. The van der Waals surface area contributed by atoms with Crippen LogP contribution in [-0.2, 0) is 4.79 Å². The Morgan fingerprint density at radius 1 is 1.20 bits per heavy atom. The second-order valence-corrected chi connectivity index (χ2v) is 6.78. The lowest BCUT2D eigenvalue weighted by Crippen LogP contribution is -2.42. The van der Waals surface area contributed by atoms with Gasteiger partial charge in [0.15, 0.2) is 0 Å². The molecule has 88 valence electrons. The third-order valence-electron chi connectivity index (χ3n) is 3.15. The van der Waals surface area contributed by atoms with Crippen molar-refractivity contribution in [2.75, 3.05) is 13.1 Å². The van der Waals surface area contributed by atoms with E-state index in [0.717, 1.165) is 25.9 Å². The molecule has 0 saturated carbocycles. The third kappa shape index (κ3) is 4.23. The van der Waals surface area contributed by atoms with Crippen molar-refractivity contribution in [3.8, 4) is 0 Å². The van der Waals surface area contributed by atoms with Crippen molar-refractivity contribution in [1.82, 2.24) is 4.90 Å². The first-order valence-corrected chi connectivity index (χ1v) is 5.97. The van der Waals surface area contributed by atoms with Crippen LogP contribution in [0, 0.1) is 10.8 Å². The molecule has 1 amide bonds. The number of rotatable bonds is 1. The molecule has 1 fully saturated rings. The van der Waals surface area contributed by atoms with E-state index in [1.54, 1.807) is 0 Å². The Kier molecular flexibility index (Phi) is 3.47. The van der Waals surface area contributed by atoms with Crippen LogP contribution in [0.2, 0.25) is 0 Å².